The number of hydrazone groups is 1. The van der Waals surface area contributed by atoms with Crippen LogP contribution in [-0.2, 0) is 9.59 Å². The first-order chi connectivity index (χ1) is 15.9. The smallest absolute Gasteiger partial charge is 0.303 e. The maximum Gasteiger partial charge on any atom is 0.303 e. The molecule has 1 N–H and O–H groups in total. The van der Waals surface area contributed by atoms with Crippen LogP contribution < -0.4 is 4.74 Å². The van der Waals surface area contributed by atoms with Crippen LogP contribution in [0, 0.1) is 3.57 Å². The van der Waals surface area contributed by atoms with Gasteiger partial charge in [0.2, 0.25) is 5.91 Å². The van der Waals surface area contributed by atoms with E-state index in [4.69, 9.17) is 21.4 Å². The van der Waals surface area contributed by atoms with Crippen LogP contribution in [0.15, 0.2) is 53.6 Å². The third-order valence-electron chi connectivity index (χ3n) is 5.34. The molecule has 1 atom stereocenters. The molecule has 0 radical (unpaired) electrons. The van der Waals surface area contributed by atoms with Crippen molar-refractivity contribution in [1.29, 1.82) is 0 Å². The number of ether oxygens (including phenoxy) is 1. The lowest BCUT2D eigenvalue weighted by Crippen LogP contribution is -2.27. The van der Waals surface area contributed by atoms with Crippen molar-refractivity contribution in [1.82, 2.24) is 9.99 Å². The second kappa shape index (κ2) is 10.0. The molecule has 4 rings (SSSR count). The molecule has 0 saturated heterocycles. The van der Waals surface area contributed by atoms with Crippen molar-refractivity contribution < 1.29 is 19.4 Å². The topological polar surface area (TPSA) is 92.1 Å². The van der Waals surface area contributed by atoms with E-state index < -0.39 is 12.0 Å². The van der Waals surface area contributed by atoms with Crippen molar-refractivity contribution in [2.75, 3.05) is 6.61 Å². The fourth-order valence-electron chi connectivity index (χ4n) is 3.76. The van der Waals surface area contributed by atoms with Gasteiger partial charge in [-0.2, -0.15) is 5.10 Å². The fourth-order valence-corrected chi connectivity index (χ4v) is 4.39. The van der Waals surface area contributed by atoms with Gasteiger partial charge in [-0.1, -0.05) is 23.7 Å². The van der Waals surface area contributed by atoms with E-state index in [9.17, 15) is 9.59 Å². The number of carbonyl (C=O) groups is 2. The molecule has 1 aromatic heterocycles. The summed E-state index contributed by atoms with van der Waals surface area (Å²) in [5.74, 6) is -0.695. The Morgan fingerprint density at radius 2 is 1.94 bits per heavy atom. The first-order valence-electron chi connectivity index (χ1n) is 10.5. The number of carboxylic acid groups (broad SMARTS) is 1. The van der Waals surface area contributed by atoms with Gasteiger partial charge in [0.05, 0.1) is 30.3 Å². The van der Waals surface area contributed by atoms with Crippen molar-refractivity contribution in [2.24, 2.45) is 5.10 Å². The number of hydrogen-bond donors (Lipinski definition) is 1. The Morgan fingerprint density at radius 1 is 1.18 bits per heavy atom. The van der Waals surface area contributed by atoms with Crippen molar-refractivity contribution in [3.8, 4) is 5.75 Å². The van der Waals surface area contributed by atoms with Gasteiger partial charge in [0.15, 0.2) is 0 Å². The number of aromatic nitrogens is 1. The van der Waals surface area contributed by atoms with Crippen LogP contribution in [0.25, 0.3) is 10.9 Å². The predicted molar refractivity (Wildman–Crippen MR) is 135 cm³/mol. The number of aliphatic carboxylic acids is 1. The molecule has 1 aliphatic rings. The van der Waals surface area contributed by atoms with Gasteiger partial charge in [-0.3, -0.25) is 9.59 Å². The summed E-state index contributed by atoms with van der Waals surface area (Å²) in [5, 5.41) is 16.1. The molecule has 170 valence electrons. The highest BCUT2D eigenvalue weighted by Gasteiger charge is 2.35. The van der Waals surface area contributed by atoms with Gasteiger partial charge in [0.1, 0.15) is 10.9 Å². The number of halogens is 2. The highest BCUT2D eigenvalue weighted by Crippen LogP contribution is 2.38. The molecule has 1 unspecified atom stereocenters. The molecule has 0 fully saturated rings. The van der Waals surface area contributed by atoms with Gasteiger partial charge in [0.25, 0.3) is 0 Å². The molecule has 2 aromatic carbocycles. The highest BCUT2D eigenvalue weighted by atomic mass is 127. The summed E-state index contributed by atoms with van der Waals surface area (Å²) in [6, 6.07) is 14.9. The number of fused-ring (bicyclic) bond motifs is 1. The van der Waals surface area contributed by atoms with Crippen LogP contribution in [0.2, 0.25) is 5.15 Å². The summed E-state index contributed by atoms with van der Waals surface area (Å²) < 4.78 is 6.64. The summed E-state index contributed by atoms with van der Waals surface area (Å²) in [6.45, 7) is 2.46. The van der Waals surface area contributed by atoms with Crippen LogP contribution >= 0.6 is 34.2 Å². The number of carboxylic acids is 1. The number of hydrogen-bond acceptors (Lipinski definition) is 5. The largest absolute Gasteiger partial charge is 0.494 e. The predicted octanol–water partition coefficient (Wildman–Crippen LogP) is 5.43. The van der Waals surface area contributed by atoms with Gasteiger partial charge in [-0.05, 0) is 65.4 Å². The number of benzene rings is 2. The average Bonchev–Trinajstić information content (AvgIpc) is 3.23. The van der Waals surface area contributed by atoms with E-state index in [2.05, 4.69) is 32.7 Å². The normalized spacial score (nSPS) is 15.5. The molecule has 0 spiro atoms. The molecule has 2 heterocycles. The van der Waals surface area contributed by atoms with Crippen molar-refractivity contribution in [3.63, 3.8) is 0 Å². The minimum absolute atomic E-state index is 0.147. The lowest BCUT2D eigenvalue weighted by Gasteiger charge is -2.23. The first kappa shape index (κ1) is 23.4. The van der Waals surface area contributed by atoms with E-state index in [0.717, 1.165) is 20.2 Å². The zero-order valence-electron chi connectivity index (χ0n) is 17.8. The van der Waals surface area contributed by atoms with Gasteiger partial charge in [-0.25, -0.2) is 9.99 Å². The molecule has 0 saturated carbocycles. The third-order valence-corrected chi connectivity index (χ3v) is 6.36. The van der Waals surface area contributed by atoms with Gasteiger partial charge in [0, 0.05) is 33.4 Å². The summed E-state index contributed by atoms with van der Waals surface area (Å²) in [6.07, 6.45) is 0.0370. The monoisotopic (exact) mass is 577 g/mol. The van der Waals surface area contributed by atoms with E-state index in [-0.39, 0.29) is 23.9 Å². The average molecular weight is 578 g/mol. The lowest BCUT2D eigenvalue weighted by atomic mass is 9.98. The Labute approximate surface area is 209 Å². The van der Waals surface area contributed by atoms with Crippen molar-refractivity contribution >= 4 is 62.7 Å². The standard InChI is InChI=1S/C24H21ClIN3O4/c1-2-33-17-8-5-15-11-18(24(25)27-19(15)12-17)21-13-20(14-3-6-16(26)7-4-14)28-29(21)22(30)9-10-23(31)32/h3-8,11-12,21H,2,9-10,13H2,1H3,(H,31,32). The maximum absolute atomic E-state index is 12.9. The fraction of sp³-hybridized carbons (Fsp3) is 0.250. The minimum Gasteiger partial charge on any atom is -0.494 e. The molecule has 7 nitrogen and oxygen atoms in total. The zero-order chi connectivity index (χ0) is 23.5. The Hall–Kier alpha value is -2.72. The molecule has 0 aliphatic carbocycles. The summed E-state index contributed by atoms with van der Waals surface area (Å²) in [5.41, 5.74) is 3.00. The molecule has 3 aromatic rings. The quantitative estimate of drug-likeness (QED) is 0.299. The van der Waals surface area contributed by atoms with Crippen molar-refractivity contribution in [3.05, 3.63) is 68.4 Å². The molecule has 9 heteroatoms. The van der Waals surface area contributed by atoms with Gasteiger partial charge in [-0.15, -0.1) is 0 Å². The number of pyridine rings is 1. The van der Waals surface area contributed by atoms with E-state index in [1.54, 1.807) is 0 Å². The minimum atomic E-state index is -1.03. The Morgan fingerprint density at radius 3 is 2.64 bits per heavy atom. The molecule has 33 heavy (non-hydrogen) atoms. The lowest BCUT2D eigenvalue weighted by molar-refractivity contribution is -0.141. The zero-order valence-corrected chi connectivity index (χ0v) is 20.7. The Kier molecular flexibility index (Phi) is 7.14. The van der Waals surface area contributed by atoms with Gasteiger partial charge < -0.3 is 9.84 Å². The van der Waals surface area contributed by atoms with Crippen LogP contribution in [0.3, 0.4) is 0 Å². The van der Waals surface area contributed by atoms with E-state index in [1.165, 1.54) is 5.01 Å². The molecule has 1 amide bonds. The number of nitrogens with zero attached hydrogens (tertiary/aromatic N) is 3. The highest BCUT2D eigenvalue weighted by molar-refractivity contribution is 14.1. The van der Waals surface area contributed by atoms with E-state index in [0.29, 0.717) is 29.9 Å². The molecular formula is C24H21ClIN3O4. The van der Waals surface area contributed by atoms with Crippen LogP contribution in [0.1, 0.15) is 43.4 Å². The van der Waals surface area contributed by atoms with E-state index >= 15 is 0 Å². The Bertz CT molecular complexity index is 1250. The summed E-state index contributed by atoms with van der Waals surface area (Å²) in [4.78, 5) is 28.5. The maximum atomic E-state index is 12.9. The van der Waals surface area contributed by atoms with Crippen LogP contribution in [0.5, 0.6) is 5.75 Å². The summed E-state index contributed by atoms with van der Waals surface area (Å²) >= 11 is 8.82. The first-order valence-corrected chi connectivity index (χ1v) is 11.9. The number of amides is 1. The third kappa shape index (κ3) is 5.27. The SMILES string of the molecule is CCOc1ccc2cc(C3CC(c4ccc(I)cc4)=NN3C(=O)CCC(=O)O)c(Cl)nc2c1. The number of rotatable bonds is 7. The van der Waals surface area contributed by atoms with Crippen LogP contribution in [-0.4, -0.2) is 39.3 Å². The van der Waals surface area contributed by atoms with Gasteiger partial charge >= 0.3 is 5.97 Å². The van der Waals surface area contributed by atoms with Crippen LogP contribution in [0.4, 0.5) is 0 Å². The molecule has 1 aliphatic heterocycles. The van der Waals surface area contributed by atoms with E-state index in [1.807, 2.05) is 55.5 Å². The molecule has 0 bridgehead atoms. The van der Waals surface area contributed by atoms with Crippen molar-refractivity contribution in [2.45, 2.75) is 32.2 Å². The molecular weight excluding hydrogens is 557 g/mol. The summed E-state index contributed by atoms with van der Waals surface area (Å²) in [7, 11) is 0. The number of carbonyl (C=O) groups excluding carboxylic acids is 1. The Balaban J connectivity index is 1.71. The second-order valence-corrected chi connectivity index (χ2v) is 9.17. The second-order valence-electron chi connectivity index (χ2n) is 7.56.